The lowest BCUT2D eigenvalue weighted by Gasteiger charge is -2.42. The maximum atomic E-state index is 13.6. The highest BCUT2D eigenvalue weighted by Crippen LogP contribution is 2.54. The maximum Gasteiger partial charge on any atom is 0.430 e. The van der Waals surface area contributed by atoms with Crippen LogP contribution in [0.3, 0.4) is 0 Å². The highest BCUT2D eigenvalue weighted by atomic mass is 19.4. The summed E-state index contributed by atoms with van der Waals surface area (Å²) in [5.74, 6) is 0. The average Bonchev–Trinajstić information content (AvgIpc) is 2.66. The number of ether oxygens (including phenoxy) is 1. The summed E-state index contributed by atoms with van der Waals surface area (Å²) >= 11 is 0. The van der Waals surface area contributed by atoms with Crippen molar-refractivity contribution in [2.24, 2.45) is 22.9 Å². The molecule has 0 aliphatic heterocycles. The summed E-state index contributed by atoms with van der Waals surface area (Å²) in [6.07, 6.45) is -0.579. The van der Waals surface area contributed by atoms with Gasteiger partial charge in [-0.1, -0.05) is 72.9 Å². The van der Waals surface area contributed by atoms with Crippen LogP contribution in [0.2, 0.25) is 0 Å². The van der Waals surface area contributed by atoms with E-state index in [1.807, 2.05) is 18.2 Å². The number of alkyl halides is 6. The molecule has 0 radical (unpaired) electrons. The van der Waals surface area contributed by atoms with E-state index in [-0.39, 0.29) is 0 Å². The molecule has 1 aromatic rings. The third-order valence-corrected chi connectivity index (χ3v) is 4.68. The number of halogens is 6. The summed E-state index contributed by atoms with van der Waals surface area (Å²) in [7, 11) is 0. The lowest BCUT2D eigenvalue weighted by atomic mass is 9.90. The van der Waals surface area contributed by atoms with Gasteiger partial charge in [0.1, 0.15) is 11.8 Å². The molecule has 2 aliphatic rings. The molecule has 176 valence electrons. The topological polar surface area (TPSA) is 113 Å². The minimum absolute atomic E-state index is 0.589. The molecular weight excluding hydrogens is 438 g/mol. The van der Waals surface area contributed by atoms with E-state index in [1.165, 1.54) is 18.2 Å². The third-order valence-electron chi connectivity index (χ3n) is 4.68. The first-order chi connectivity index (χ1) is 14.6. The van der Waals surface area contributed by atoms with Crippen LogP contribution in [-0.4, -0.2) is 29.8 Å². The van der Waals surface area contributed by atoms with Crippen LogP contribution in [0.15, 0.2) is 78.9 Å². The van der Waals surface area contributed by atoms with Crippen LogP contribution < -0.4 is 22.9 Å². The zero-order valence-corrected chi connectivity index (χ0v) is 16.8. The zero-order valence-electron chi connectivity index (χ0n) is 16.8. The number of rotatable bonds is 3. The van der Waals surface area contributed by atoms with E-state index in [0.717, 1.165) is 30.7 Å². The minimum Gasteiger partial charge on any atom is -0.343 e. The van der Waals surface area contributed by atoms with Crippen LogP contribution >= 0.6 is 0 Å². The highest BCUT2D eigenvalue weighted by Gasteiger charge is 2.74. The van der Waals surface area contributed by atoms with Gasteiger partial charge in [0.05, 0.1) is 5.66 Å². The molecule has 32 heavy (non-hydrogen) atoms. The third kappa shape index (κ3) is 5.67. The number of allylic oxidation sites excluding steroid dienone is 4. The van der Waals surface area contributed by atoms with Gasteiger partial charge in [-0.2, -0.15) is 26.3 Å². The summed E-state index contributed by atoms with van der Waals surface area (Å²) in [6, 6.07) is 4.79. The van der Waals surface area contributed by atoms with E-state index in [1.54, 1.807) is 6.08 Å². The summed E-state index contributed by atoms with van der Waals surface area (Å²) in [5, 5.41) is 0. The molecule has 0 saturated heterocycles. The lowest BCUT2D eigenvalue weighted by Crippen LogP contribution is -2.64. The van der Waals surface area contributed by atoms with Crippen molar-refractivity contribution in [3.05, 3.63) is 84.5 Å². The maximum absolute atomic E-state index is 13.6. The Bertz CT molecular complexity index is 872. The number of benzene rings is 1. The Morgan fingerprint density at radius 3 is 1.75 bits per heavy atom. The van der Waals surface area contributed by atoms with Crippen molar-refractivity contribution in [2.45, 2.75) is 41.8 Å². The van der Waals surface area contributed by atoms with Gasteiger partial charge in [-0.25, -0.2) is 0 Å². The van der Waals surface area contributed by atoms with Gasteiger partial charge >= 0.3 is 12.4 Å². The van der Waals surface area contributed by atoms with E-state index in [2.05, 4.69) is 4.74 Å². The van der Waals surface area contributed by atoms with Crippen LogP contribution in [0.5, 0.6) is 0 Å². The van der Waals surface area contributed by atoms with E-state index >= 15 is 0 Å². The molecule has 1 unspecified atom stereocenters. The molecule has 0 heterocycles. The molecule has 1 aromatic carbocycles. The predicted octanol–water partition coefficient (Wildman–Crippen LogP) is 3.25. The summed E-state index contributed by atoms with van der Waals surface area (Å²) < 4.78 is 86.1. The minimum atomic E-state index is -5.79. The van der Waals surface area contributed by atoms with Gasteiger partial charge in [-0.05, 0) is 6.08 Å². The van der Waals surface area contributed by atoms with E-state index in [0.29, 0.717) is 12.1 Å². The molecule has 3 rings (SSSR count). The standard InChI is InChI=1S/C15H14F6N2O.C6H10N2/c16-14(17,18)13(15(19,20)21,10-6-2-1-3-7-10)24-11-8-4-5-9-12(11,22)23;7-6(8)4-2-1-3-5-6/h1-9,11H,22-23H2;1-4H,5,7-8H2. The molecule has 0 spiro atoms. The quantitative estimate of drug-likeness (QED) is 0.407. The Kier molecular flexibility index (Phi) is 7.42. The van der Waals surface area contributed by atoms with Gasteiger partial charge < -0.3 is 27.7 Å². The average molecular weight is 462 g/mol. The zero-order chi connectivity index (χ0) is 24.3. The Morgan fingerprint density at radius 2 is 1.34 bits per heavy atom. The van der Waals surface area contributed by atoms with Gasteiger partial charge in [0.2, 0.25) is 0 Å². The molecule has 0 saturated carbocycles. The molecule has 0 aromatic heterocycles. The molecule has 5 nitrogen and oxygen atoms in total. The van der Waals surface area contributed by atoms with Crippen molar-refractivity contribution in [3.8, 4) is 0 Å². The van der Waals surface area contributed by atoms with Crippen molar-refractivity contribution in [3.63, 3.8) is 0 Å². The Labute approximate surface area is 181 Å². The Morgan fingerprint density at radius 1 is 0.781 bits per heavy atom. The van der Waals surface area contributed by atoms with Crippen LogP contribution in [0.25, 0.3) is 0 Å². The second-order valence-electron chi connectivity index (χ2n) is 7.43. The van der Waals surface area contributed by atoms with Crippen molar-refractivity contribution in [2.75, 3.05) is 0 Å². The molecule has 0 fully saturated rings. The van der Waals surface area contributed by atoms with E-state index in [9.17, 15) is 26.3 Å². The van der Waals surface area contributed by atoms with Gasteiger partial charge in [-0.15, -0.1) is 0 Å². The fourth-order valence-electron chi connectivity index (χ4n) is 3.00. The Balaban J connectivity index is 0.000000380. The van der Waals surface area contributed by atoms with Gasteiger partial charge in [0, 0.05) is 12.0 Å². The molecule has 8 N–H and O–H groups in total. The van der Waals surface area contributed by atoms with Crippen LogP contribution in [0, 0.1) is 0 Å². The molecule has 0 bridgehead atoms. The number of nitrogens with two attached hydrogens (primary N) is 4. The SMILES string of the molecule is NC1(N)C=CC=CC1.NC1(N)C=CC=CC1OC(c1ccccc1)(C(F)(F)F)C(F)(F)F. The highest BCUT2D eigenvalue weighted by molar-refractivity contribution is 5.29. The first kappa shape index (κ1) is 25.8. The molecular formula is C21H24F6N4O. The van der Waals surface area contributed by atoms with Gasteiger partial charge in [0.15, 0.2) is 0 Å². The van der Waals surface area contributed by atoms with Crippen LogP contribution in [0.1, 0.15) is 12.0 Å². The normalized spacial score (nSPS) is 21.8. The number of hydrogen-bond acceptors (Lipinski definition) is 5. The van der Waals surface area contributed by atoms with Crippen molar-refractivity contribution >= 4 is 0 Å². The van der Waals surface area contributed by atoms with Crippen molar-refractivity contribution in [1.82, 2.24) is 0 Å². The largest absolute Gasteiger partial charge is 0.430 e. The smallest absolute Gasteiger partial charge is 0.343 e. The summed E-state index contributed by atoms with van der Waals surface area (Å²) in [4.78, 5) is 0. The lowest BCUT2D eigenvalue weighted by molar-refractivity contribution is -0.397. The fourth-order valence-corrected chi connectivity index (χ4v) is 3.00. The second kappa shape index (κ2) is 9.20. The van der Waals surface area contributed by atoms with Crippen molar-refractivity contribution < 1.29 is 31.1 Å². The Hall–Kier alpha value is -2.44. The molecule has 2 aliphatic carbocycles. The number of hydrogen-bond donors (Lipinski definition) is 4. The second-order valence-corrected chi connectivity index (χ2v) is 7.43. The summed E-state index contributed by atoms with van der Waals surface area (Å²) in [6.45, 7) is 0. The van der Waals surface area contributed by atoms with E-state index < -0.39 is 40.9 Å². The summed E-state index contributed by atoms with van der Waals surface area (Å²) in [5.41, 5.74) is 13.9. The monoisotopic (exact) mass is 462 g/mol. The molecule has 0 amide bonds. The first-order valence-electron chi connectivity index (χ1n) is 9.35. The van der Waals surface area contributed by atoms with Crippen LogP contribution in [0.4, 0.5) is 26.3 Å². The fraction of sp³-hybridized carbons (Fsp3) is 0.333. The van der Waals surface area contributed by atoms with Gasteiger partial charge in [-0.3, -0.25) is 0 Å². The first-order valence-corrected chi connectivity index (χ1v) is 9.35. The molecule has 11 heteroatoms. The van der Waals surface area contributed by atoms with Crippen molar-refractivity contribution in [1.29, 1.82) is 0 Å². The van der Waals surface area contributed by atoms with Gasteiger partial charge in [0.25, 0.3) is 5.60 Å². The van der Waals surface area contributed by atoms with Crippen LogP contribution in [-0.2, 0) is 10.3 Å². The van der Waals surface area contributed by atoms with E-state index in [4.69, 9.17) is 22.9 Å². The molecule has 1 atom stereocenters. The predicted molar refractivity (Wildman–Crippen MR) is 108 cm³/mol.